The third kappa shape index (κ3) is 3.80. The molecule has 1 fully saturated rings. The third-order valence-corrected chi connectivity index (χ3v) is 4.03. The minimum absolute atomic E-state index is 0.0752. The molecule has 0 radical (unpaired) electrons. The highest BCUT2D eigenvalue weighted by Crippen LogP contribution is 2.22. The van der Waals surface area contributed by atoms with Gasteiger partial charge in [0.05, 0.1) is 12.6 Å². The van der Waals surface area contributed by atoms with Gasteiger partial charge in [-0.3, -0.25) is 0 Å². The van der Waals surface area contributed by atoms with Crippen LogP contribution in [0.1, 0.15) is 43.7 Å². The van der Waals surface area contributed by atoms with E-state index in [9.17, 15) is 5.11 Å². The lowest BCUT2D eigenvalue weighted by atomic mass is 9.94. The van der Waals surface area contributed by atoms with E-state index >= 15 is 0 Å². The number of hydrogen-bond donors (Lipinski definition) is 2. The number of aliphatic hydroxyl groups excluding tert-OH is 1. The van der Waals surface area contributed by atoms with Crippen LogP contribution < -0.4 is 5.32 Å². The molecule has 1 atom stereocenters. The van der Waals surface area contributed by atoms with Crippen molar-refractivity contribution in [2.45, 2.75) is 44.2 Å². The smallest absolute Gasteiger partial charge is 0.0626 e. The van der Waals surface area contributed by atoms with E-state index in [4.69, 9.17) is 0 Å². The van der Waals surface area contributed by atoms with Gasteiger partial charge in [0.25, 0.3) is 0 Å². The van der Waals surface area contributed by atoms with Crippen LogP contribution in [0.2, 0.25) is 0 Å². The molecule has 1 aromatic carbocycles. The first kappa shape index (κ1) is 13.1. The molecule has 3 heteroatoms. The Bertz CT molecular complexity index is 333. The van der Waals surface area contributed by atoms with Gasteiger partial charge in [-0.2, -0.15) is 0 Å². The van der Waals surface area contributed by atoms with Gasteiger partial charge < -0.3 is 10.4 Å². The molecule has 2 rings (SSSR count). The zero-order valence-electron chi connectivity index (χ0n) is 10.0. The molecule has 0 aliphatic heterocycles. The number of nitrogens with one attached hydrogen (secondary N) is 1. The maximum atomic E-state index is 9.51. The van der Waals surface area contributed by atoms with Crippen LogP contribution >= 0.6 is 15.9 Å². The molecule has 1 saturated carbocycles. The molecule has 0 bridgehead atoms. The average Bonchev–Trinajstić information content (AvgIpc) is 2.38. The van der Waals surface area contributed by atoms with E-state index in [0.717, 1.165) is 4.47 Å². The number of halogens is 1. The van der Waals surface area contributed by atoms with E-state index in [0.29, 0.717) is 6.04 Å². The molecular formula is C14H20BrNO. The predicted molar refractivity (Wildman–Crippen MR) is 74.0 cm³/mol. The lowest BCUT2D eigenvalue weighted by Crippen LogP contribution is -2.36. The number of aliphatic hydroxyl groups is 1. The summed E-state index contributed by atoms with van der Waals surface area (Å²) in [6.07, 6.45) is 6.48. The van der Waals surface area contributed by atoms with Crippen LogP contribution in [0, 0.1) is 0 Å². The molecule has 17 heavy (non-hydrogen) atoms. The maximum Gasteiger partial charge on any atom is 0.0626 e. The Hall–Kier alpha value is -0.380. The SMILES string of the molecule is OCC(NC1CCCCC1)c1ccc(Br)cc1. The van der Waals surface area contributed by atoms with Crippen LogP contribution in [0.25, 0.3) is 0 Å². The molecule has 1 unspecified atom stereocenters. The van der Waals surface area contributed by atoms with Crippen molar-refractivity contribution < 1.29 is 5.11 Å². The standard InChI is InChI=1S/C14H20BrNO/c15-12-8-6-11(7-9-12)14(10-17)16-13-4-2-1-3-5-13/h6-9,13-14,16-17H,1-5,10H2. The molecule has 1 aliphatic carbocycles. The summed E-state index contributed by atoms with van der Waals surface area (Å²) in [5, 5.41) is 13.1. The van der Waals surface area contributed by atoms with Gasteiger partial charge >= 0.3 is 0 Å². The Morgan fingerprint density at radius 3 is 2.41 bits per heavy atom. The summed E-state index contributed by atoms with van der Waals surface area (Å²) in [5.74, 6) is 0. The second-order valence-corrected chi connectivity index (χ2v) is 5.70. The Morgan fingerprint density at radius 2 is 1.82 bits per heavy atom. The first-order valence-electron chi connectivity index (χ1n) is 6.42. The summed E-state index contributed by atoms with van der Waals surface area (Å²) in [7, 11) is 0. The van der Waals surface area contributed by atoms with Crippen LogP contribution in [0.3, 0.4) is 0 Å². The molecule has 1 aliphatic rings. The number of rotatable bonds is 4. The van der Waals surface area contributed by atoms with Crippen molar-refractivity contribution in [2.75, 3.05) is 6.61 Å². The number of benzene rings is 1. The highest BCUT2D eigenvalue weighted by molar-refractivity contribution is 9.10. The Balaban J connectivity index is 1.97. The van der Waals surface area contributed by atoms with Crippen molar-refractivity contribution in [2.24, 2.45) is 0 Å². The van der Waals surface area contributed by atoms with E-state index in [1.807, 2.05) is 12.1 Å². The summed E-state index contributed by atoms with van der Waals surface area (Å²) < 4.78 is 1.08. The van der Waals surface area contributed by atoms with Crippen LogP contribution in [0.15, 0.2) is 28.7 Å². The van der Waals surface area contributed by atoms with E-state index < -0.39 is 0 Å². The van der Waals surface area contributed by atoms with Gasteiger partial charge in [-0.05, 0) is 30.5 Å². The molecule has 0 saturated heterocycles. The van der Waals surface area contributed by atoms with Crippen molar-refractivity contribution in [3.8, 4) is 0 Å². The van der Waals surface area contributed by atoms with Gasteiger partial charge in [-0.25, -0.2) is 0 Å². The second kappa shape index (κ2) is 6.53. The highest BCUT2D eigenvalue weighted by atomic mass is 79.9. The summed E-state index contributed by atoms with van der Waals surface area (Å²) >= 11 is 3.43. The fourth-order valence-corrected chi connectivity index (χ4v) is 2.77. The molecule has 0 heterocycles. The predicted octanol–water partition coefficient (Wildman–Crippen LogP) is 3.40. The van der Waals surface area contributed by atoms with E-state index in [2.05, 4.69) is 33.4 Å². The van der Waals surface area contributed by atoms with Gasteiger partial charge in [0.15, 0.2) is 0 Å². The molecule has 0 amide bonds. The topological polar surface area (TPSA) is 32.3 Å². The van der Waals surface area contributed by atoms with Crippen molar-refractivity contribution in [1.29, 1.82) is 0 Å². The maximum absolute atomic E-state index is 9.51. The lowest BCUT2D eigenvalue weighted by Gasteiger charge is -2.27. The quantitative estimate of drug-likeness (QED) is 0.893. The average molecular weight is 298 g/mol. The molecule has 2 nitrogen and oxygen atoms in total. The van der Waals surface area contributed by atoms with Crippen molar-refractivity contribution in [1.82, 2.24) is 5.32 Å². The largest absolute Gasteiger partial charge is 0.394 e. The van der Waals surface area contributed by atoms with E-state index in [-0.39, 0.29) is 12.6 Å². The van der Waals surface area contributed by atoms with Gasteiger partial charge in [0.2, 0.25) is 0 Å². The summed E-state index contributed by atoms with van der Waals surface area (Å²) in [6, 6.07) is 8.85. The van der Waals surface area contributed by atoms with Gasteiger partial charge in [0, 0.05) is 10.5 Å². The fraction of sp³-hybridized carbons (Fsp3) is 0.571. The van der Waals surface area contributed by atoms with Crippen LogP contribution in [0.5, 0.6) is 0 Å². The Labute approximate surface area is 112 Å². The summed E-state index contributed by atoms with van der Waals surface area (Å²) in [6.45, 7) is 0.165. The van der Waals surface area contributed by atoms with Gasteiger partial charge in [-0.15, -0.1) is 0 Å². The van der Waals surface area contributed by atoms with E-state index in [1.165, 1.54) is 37.7 Å². The normalized spacial score (nSPS) is 19.2. The zero-order chi connectivity index (χ0) is 12.1. The first-order valence-corrected chi connectivity index (χ1v) is 7.21. The van der Waals surface area contributed by atoms with Crippen LogP contribution in [-0.2, 0) is 0 Å². The van der Waals surface area contributed by atoms with Crippen LogP contribution in [-0.4, -0.2) is 17.8 Å². The van der Waals surface area contributed by atoms with Gasteiger partial charge in [-0.1, -0.05) is 47.3 Å². The molecule has 0 aromatic heterocycles. The molecular weight excluding hydrogens is 278 g/mol. The lowest BCUT2D eigenvalue weighted by molar-refractivity contribution is 0.220. The molecule has 94 valence electrons. The van der Waals surface area contributed by atoms with Crippen LogP contribution in [0.4, 0.5) is 0 Å². The highest BCUT2D eigenvalue weighted by Gasteiger charge is 2.18. The summed E-state index contributed by atoms with van der Waals surface area (Å²) in [4.78, 5) is 0. The first-order chi connectivity index (χ1) is 8.29. The molecule has 0 spiro atoms. The fourth-order valence-electron chi connectivity index (χ4n) is 2.50. The zero-order valence-corrected chi connectivity index (χ0v) is 11.6. The second-order valence-electron chi connectivity index (χ2n) is 4.79. The number of hydrogen-bond acceptors (Lipinski definition) is 2. The molecule has 2 N–H and O–H groups in total. The Morgan fingerprint density at radius 1 is 1.18 bits per heavy atom. The Kier molecular flexibility index (Phi) is 5.01. The van der Waals surface area contributed by atoms with E-state index in [1.54, 1.807) is 0 Å². The monoisotopic (exact) mass is 297 g/mol. The van der Waals surface area contributed by atoms with Crippen molar-refractivity contribution in [3.05, 3.63) is 34.3 Å². The van der Waals surface area contributed by atoms with Gasteiger partial charge in [0.1, 0.15) is 0 Å². The molecule has 1 aromatic rings. The minimum Gasteiger partial charge on any atom is -0.394 e. The van der Waals surface area contributed by atoms with Crippen molar-refractivity contribution >= 4 is 15.9 Å². The minimum atomic E-state index is 0.0752. The third-order valence-electron chi connectivity index (χ3n) is 3.50. The van der Waals surface area contributed by atoms with Crippen molar-refractivity contribution in [3.63, 3.8) is 0 Å². The summed E-state index contributed by atoms with van der Waals surface area (Å²) in [5.41, 5.74) is 1.17.